The summed E-state index contributed by atoms with van der Waals surface area (Å²) in [6.45, 7) is 2.36. The number of hydrogen-bond acceptors (Lipinski definition) is 5. The quantitative estimate of drug-likeness (QED) is 0.816. The van der Waals surface area contributed by atoms with Gasteiger partial charge in [0.05, 0.1) is 13.2 Å². The Morgan fingerprint density at radius 2 is 2.21 bits per heavy atom. The zero-order valence-electron chi connectivity index (χ0n) is 10.4. The highest BCUT2D eigenvalue weighted by Crippen LogP contribution is 2.16. The zero-order valence-corrected chi connectivity index (χ0v) is 11.2. The predicted octanol–water partition coefficient (Wildman–Crippen LogP) is 1.71. The number of aromatic nitrogens is 2. The second kappa shape index (κ2) is 5.85. The highest BCUT2D eigenvalue weighted by molar-refractivity contribution is 7.86. The first-order chi connectivity index (χ1) is 9.12. The van der Waals surface area contributed by atoms with Gasteiger partial charge in [0.2, 0.25) is 0 Å². The predicted molar refractivity (Wildman–Crippen MR) is 68.2 cm³/mol. The third-order valence-corrected chi connectivity index (χ3v) is 3.43. The Balaban J connectivity index is 2.05. The maximum Gasteiger partial charge on any atom is 0.331 e. The summed E-state index contributed by atoms with van der Waals surface area (Å²) in [7, 11) is -3.85. The molecular weight excluding hydrogens is 268 g/mol. The molecule has 7 heteroatoms. The van der Waals surface area contributed by atoms with Gasteiger partial charge in [-0.1, -0.05) is 12.1 Å². The normalized spacial score (nSPS) is 11.4. The van der Waals surface area contributed by atoms with Crippen molar-refractivity contribution in [1.82, 2.24) is 9.97 Å². The summed E-state index contributed by atoms with van der Waals surface area (Å²) in [5.41, 5.74) is 0.709. The Bertz CT molecular complexity index is 623. The molecule has 2 rings (SSSR count). The third-order valence-electron chi connectivity index (χ3n) is 2.30. The lowest BCUT2D eigenvalue weighted by atomic mass is 10.2. The van der Waals surface area contributed by atoms with Crippen LogP contribution in [0, 0.1) is 0 Å². The van der Waals surface area contributed by atoms with Gasteiger partial charge in [-0.2, -0.15) is 8.42 Å². The monoisotopic (exact) mass is 282 g/mol. The molecule has 1 aromatic heterocycles. The molecule has 0 aliphatic heterocycles. The number of benzene rings is 1. The van der Waals surface area contributed by atoms with E-state index >= 15 is 0 Å². The van der Waals surface area contributed by atoms with Crippen molar-refractivity contribution in [3.8, 4) is 5.75 Å². The first-order valence-corrected chi connectivity index (χ1v) is 7.13. The van der Waals surface area contributed by atoms with Crippen molar-refractivity contribution in [2.75, 3.05) is 6.61 Å². The number of ether oxygens (including phenoxy) is 1. The number of nitrogens with zero attached hydrogens (tertiary/aromatic N) is 1. The fourth-order valence-electron chi connectivity index (χ4n) is 1.48. The van der Waals surface area contributed by atoms with Gasteiger partial charge in [0.25, 0.3) is 5.16 Å². The second-order valence-corrected chi connectivity index (χ2v) is 5.22. The number of aromatic amines is 1. The minimum atomic E-state index is -3.85. The van der Waals surface area contributed by atoms with Gasteiger partial charge < -0.3 is 9.72 Å². The molecule has 0 spiro atoms. The van der Waals surface area contributed by atoms with Crippen LogP contribution in [0.2, 0.25) is 0 Å². The lowest BCUT2D eigenvalue weighted by Gasteiger charge is -2.06. The summed E-state index contributed by atoms with van der Waals surface area (Å²) in [4.78, 5) is 6.15. The van der Waals surface area contributed by atoms with E-state index in [0.29, 0.717) is 17.9 Å². The molecule has 0 unspecified atom stereocenters. The summed E-state index contributed by atoms with van der Waals surface area (Å²) in [5.74, 6) is 0.680. The van der Waals surface area contributed by atoms with E-state index in [-0.39, 0.29) is 11.8 Å². The van der Waals surface area contributed by atoms with E-state index < -0.39 is 10.1 Å². The molecule has 0 aliphatic rings. The maximum atomic E-state index is 11.7. The number of hydrogen-bond donors (Lipinski definition) is 1. The van der Waals surface area contributed by atoms with E-state index in [2.05, 4.69) is 9.97 Å². The van der Waals surface area contributed by atoms with Gasteiger partial charge in [0, 0.05) is 12.4 Å². The summed E-state index contributed by atoms with van der Waals surface area (Å²) >= 11 is 0. The smallest absolute Gasteiger partial charge is 0.331 e. The summed E-state index contributed by atoms with van der Waals surface area (Å²) < 4.78 is 33.7. The third kappa shape index (κ3) is 3.55. The van der Waals surface area contributed by atoms with E-state index in [0.717, 1.165) is 0 Å². The fourth-order valence-corrected chi connectivity index (χ4v) is 2.29. The fraction of sp³-hybridized carbons (Fsp3) is 0.250. The molecule has 0 saturated carbocycles. The van der Waals surface area contributed by atoms with Crippen molar-refractivity contribution < 1.29 is 17.3 Å². The standard InChI is InChI=1S/C12H14N2O4S/c1-2-17-11-5-3-4-10(8-11)9-18-19(15,16)12-13-6-7-14-12/h3-8H,2,9H2,1H3,(H,13,14). The molecule has 0 saturated heterocycles. The van der Waals surface area contributed by atoms with Gasteiger partial charge in [0.1, 0.15) is 5.75 Å². The van der Waals surface area contributed by atoms with Crippen LogP contribution in [0.5, 0.6) is 5.75 Å². The molecule has 0 aliphatic carbocycles. The van der Waals surface area contributed by atoms with Crippen molar-refractivity contribution in [1.29, 1.82) is 0 Å². The molecule has 0 atom stereocenters. The zero-order chi connectivity index (χ0) is 13.7. The number of imidazole rings is 1. The molecule has 0 amide bonds. The van der Waals surface area contributed by atoms with Crippen molar-refractivity contribution >= 4 is 10.1 Å². The van der Waals surface area contributed by atoms with Crippen molar-refractivity contribution in [3.05, 3.63) is 42.2 Å². The number of rotatable bonds is 6. The molecule has 0 radical (unpaired) electrons. The molecule has 19 heavy (non-hydrogen) atoms. The van der Waals surface area contributed by atoms with Crippen LogP contribution in [0.3, 0.4) is 0 Å². The summed E-state index contributed by atoms with van der Waals surface area (Å²) in [6.07, 6.45) is 2.78. The summed E-state index contributed by atoms with van der Waals surface area (Å²) in [6, 6.07) is 7.08. The van der Waals surface area contributed by atoms with Gasteiger partial charge in [-0.3, -0.25) is 4.18 Å². The van der Waals surface area contributed by atoms with Crippen LogP contribution in [0.15, 0.2) is 41.8 Å². The molecule has 0 fully saturated rings. The van der Waals surface area contributed by atoms with E-state index in [1.54, 1.807) is 24.3 Å². The van der Waals surface area contributed by atoms with Gasteiger partial charge in [-0.05, 0) is 24.6 Å². The van der Waals surface area contributed by atoms with E-state index in [4.69, 9.17) is 8.92 Å². The molecule has 1 heterocycles. The Hall–Kier alpha value is -1.86. The molecule has 6 nitrogen and oxygen atoms in total. The first-order valence-electron chi connectivity index (χ1n) is 5.72. The first kappa shape index (κ1) is 13.6. The second-order valence-electron chi connectivity index (χ2n) is 3.69. The molecule has 1 aromatic carbocycles. The SMILES string of the molecule is CCOc1cccc(COS(=O)(=O)c2ncc[nH]2)c1. The molecule has 102 valence electrons. The number of H-pyrrole nitrogens is 1. The van der Waals surface area contributed by atoms with Gasteiger partial charge >= 0.3 is 10.1 Å². The minimum Gasteiger partial charge on any atom is -0.494 e. The van der Waals surface area contributed by atoms with Crippen LogP contribution >= 0.6 is 0 Å². The maximum absolute atomic E-state index is 11.7. The average Bonchev–Trinajstić information content (AvgIpc) is 2.92. The van der Waals surface area contributed by atoms with Crippen LogP contribution in [0.25, 0.3) is 0 Å². The van der Waals surface area contributed by atoms with Crippen LogP contribution < -0.4 is 4.74 Å². The Labute approximate surface area is 111 Å². The van der Waals surface area contributed by atoms with Crippen molar-refractivity contribution in [2.45, 2.75) is 18.7 Å². The molecule has 2 aromatic rings. The molecule has 1 N–H and O–H groups in total. The lowest BCUT2D eigenvalue weighted by molar-refractivity contribution is 0.302. The largest absolute Gasteiger partial charge is 0.494 e. The number of nitrogens with one attached hydrogen (secondary N) is 1. The van der Waals surface area contributed by atoms with Crippen molar-refractivity contribution in [2.24, 2.45) is 0 Å². The average molecular weight is 282 g/mol. The van der Waals surface area contributed by atoms with Crippen LogP contribution in [0.4, 0.5) is 0 Å². The highest BCUT2D eigenvalue weighted by Gasteiger charge is 2.17. The molecular formula is C12H14N2O4S. The van der Waals surface area contributed by atoms with Crippen molar-refractivity contribution in [3.63, 3.8) is 0 Å². The summed E-state index contributed by atoms with van der Waals surface area (Å²) in [5, 5.41) is -0.200. The van der Waals surface area contributed by atoms with Gasteiger partial charge in [-0.15, -0.1) is 0 Å². The Morgan fingerprint density at radius 1 is 1.37 bits per heavy atom. The minimum absolute atomic E-state index is 0.0655. The van der Waals surface area contributed by atoms with Crippen LogP contribution in [-0.2, 0) is 20.9 Å². The Morgan fingerprint density at radius 3 is 2.89 bits per heavy atom. The highest BCUT2D eigenvalue weighted by atomic mass is 32.2. The topological polar surface area (TPSA) is 81.3 Å². The van der Waals surface area contributed by atoms with Crippen LogP contribution in [0.1, 0.15) is 12.5 Å². The van der Waals surface area contributed by atoms with Gasteiger partial charge in [0.15, 0.2) is 0 Å². The lowest BCUT2D eigenvalue weighted by Crippen LogP contribution is -2.08. The Kier molecular flexibility index (Phi) is 4.18. The molecule has 0 bridgehead atoms. The van der Waals surface area contributed by atoms with E-state index in [1.165, 1.54) is 12.4 Å². The van der Waals surface area contributed by atoms with Gasteiger partial charge in [-0.25, -0.2) is 4.98 Å². The van der Waals surface area contributed by atoms with E-state index in [9.17, 15) is 8.42 Å². The van der Waals surface area contributed by atoms with Crippen LogP contribution in [-0.4, -0.2) is 25.0 Å². The van der Waals surface area contributed by atoms with E-state index in [1.807, 2.05) is 6.92 Å².